The van der Waals surface area contributed by atoms with Crippen LogP contribution in [0.2, 0.25) is 0 Å². The summed E-state index contributed by atoms with van der Waals surface area (Å²) in [5, 5.41) is 5.01. The molecule has 0 aliphatic heterocycles. The van der Waals surface area contributed by atoms with E-state index in [1.165, 1.54) is 23.5 Å². The monoisotopic (exact) mass is 314 g/mol. The minimum absolute atomic E-state index is 0.123. The lowest BCUT2D eigenvalue weighted by Crippen LogP contribution is -2.24. The van der Waals surface area contributed by atoms with E-state index in [-0.39, 0.29) is 12.3 Å². The van der Waals surface area contributed by atoms with Crippen LogP contribution in [0.4, 0.5) is 13.2 Å². The van der Waals surface area contributed by atoms with Gasteiger partial charge in [0.2, 0.25) is 5.91 Å². The SMILES string of the molecule is CCNC(=O)Cc1csc(-c2ccc(C(F)(F)F)cc2)n1. The number of nitrogens with zero attached hydrogens (tertiary/aromatic N) is 1. The fraction of sp³-hybridized carbons (Fsp3) is 0.286. The quantitative estimate of drug-likeness (QED) is 0.938. The van der Waals surface area contributed by atoms with Gasteiger partial charge >= 0.3 is 6.18 Å². The lowest BCUT2D eigenvalue weighted by Gasteiger charge is -2.06. The van der Waals surface area contributed by atoms with Crippen molar-refractivity contribution in [1.82, 2.24) is 10.3 Å². The zero-order valence-electron chi connectivity index (χ0n) is 11.2. The molecule has 1 heterocycles. The van der Waals surface area contributed by atoms with Crippen LogP contribution in [-0.2, 0) is 17.4 Å². The second-order valence-electron chi connectivity index (χ2n) is 4.35. The molecule has 0 bridgehead atoms. The maximum atomic E-state index is 12.5. The summed E-state index contributed by atoms with van der Waals surface area (Å²) in [6.07, 6.45) is -4.17. The summed E-state index contributed by atoms with van der Waals surface area (Å²) < 4.78 is 37.5. The van der Waals surface area contributed by atoms with Crippen LogP contribution in [0.3, 0.4) is 0 Å². The molecule has 21 heavy (non-hydrogen) atoms. The average molecular weight is 314 g/mol. The molecule has 0 aliphatic carbocycles. The van der Waals surface area contributed by atoms with Crippen molar-refractivity contribution in [2.45, 2.75) is 19.5 Å². The van der Waals surface area contributed by atoms with Crippen LogP contribution in [0.1, 0.15) is 18.2 Å². The summed E-state index contributed by atoms with van der Waals surface area (Å²) in [5.41, 5.74) is 0.529. The average Bonchev–Trinajstić information content (AvgIpc) is 2.86. The van der Waals surface area contributed by atoms with Gasteiger partial charge in [-0.3, -0.25) is 4.79 Å². The van der Waals surface area contributed by atoms with E-state index in [9.17, 15) is 18.0 Å². The van der Waals surface area contributed by atoms with Crippen LogP contribution in [-0.4, -0.2) is 17.4 Å². The summed E-state index contributed by atoms with van der Waals surface area (Å²) in [6.45, 7) is 2.38. The Labute approximate surface area is 123 Å². The number of alkyl halides is 3. The van der Waals surface area contributed by atoms with E-state index >= 15 is 0 Å². The highest BCUT2D eigenvalue weighted by molar-refractivity contribution is 7.13. The minimum atomic E-state index is -4.34. The van der Waals surface area contributed by atoms with Crippen LogP contribution in [0.5, 0.6) is 0 Å². The number of nitrogens with one attached hydrogen (secondary N) is 1. The van der Waals surface area contributed by atoms with Crippen molar-refractivity contribution in [3.05, 3.63) is 40.9 Å². The number of rotatable bonds is 4. The van der Waals surface area contributed by atoms with Gasteiger partial charge in [-0.1, -0.05) is 12.1 Å². The van der Waals surface area contributed by atoms with Crippen molar-refractivity contribution in [2.24, 2.45) is 0 Å². The Hall–Kier alpha value is -1.89. The minimum Gasteiger partial charge on any atom is -0.356 e. The van der Waals surface area contributed by atoms with Gasteiger partial charge in [0.15, 0.2) is 0 Å². The maximum Gasteiger partial charge on any atom is 0.416 e. The highest BCUT2D eigenvalue weighted by Gasteiger charge is 2.30. The normalized spacial score (nSPS) is 11.4. The molecular weight excluding hydrogens is 301 g/mol. The molecule has 0 saturated heterocycles. The lowest BCUT2D eigenvalue weighted by molar-refractivity contribution is -0.137. The van der Waals surface area contributed by atoms with E-state index in [0.717, 1.165) is 12.1 Å². The summed E-state index contributed by atoms with van der Waals surface area (Å²) >= 11 is 1.30. The molecule has 0 radical (unpaired) electrons. The van der Waals surface area contributed by atoms with Gasteiger partial charge in [0.1, 0.15) is 5.01 Å². The molecule has 0 atom stereocenters. The Morgan fingerprint density at radius 1 is 1.29 bits per heavy atom. The van der Waals surface area contributed by atoms with Gasteiger partial charge in [-0.2, -0.15) is 13.2 Å². The molecule has 0 unspecified atom stereocenters. The number of benzene rings is 1. The molecule has 1 aromatic carbocycles. The Kier molecular flexibility index (Phi) is 4.62. The van der Waals surface area contributed by atoms with Crippen molar-refractivity contribution < 1.29 is 18.0 Å². The number of carbonyl (C=O) groups excluding carboxylic acids is 1. The maximum absolute atomic E-state index is 12.5. The van der Waals surface area contributed by atoms with Gasteiger partial charge in [-0.05, 0) is 19.1 Å². The highest BCUT2D eigenvalue weighted by atomic mass is 32.1. The fourth-order valence-corrected chi connectivity index (χ4v) is 2.57. The van der Waals surface area contributed by atoms with Crippen molar-refractivity contribution in [3.63, 3.8) is 0 Å². The molecule has 2 aromatic rings. The predicted octanol–water partition coefficient (Wildman–Crippen LogP) is 3.51. The van der Waals surface area contributed by atoms with E-state index < -0.39 is 11.7 Å². The smallest absolute Gasteiger partial charge is 0.356 e. The number of thiazole rings is 1. The second-order valence-corrected chi connectivity index (χ2v) is 5.21. The molecule has 0 saturated carbocycles. The van der Waals surface area contributed by atoms with E-state index in [4.69, 9.17) is 0 Å². The van der Waals surface area contributed by atoms with Crippen molar-refractivity contribution in [1.29, 1.82) is 0 Å². The molecule has 2 rings (SSSR count). The first-order valence-electron chi connectivity index (χ1n) is 6.29. The Morgan fingerprint density at radius 3 is 2.52 bits per heavy atom. The van der Waals surface area contributed by atoms with E-state index in [0.29, 0.717) is 22.8 Å². The molecular formula is C14H13F3N2OS. The number of aromatic nitrogens is 1. The third-order valence-corrected chi connectivity index (χ3v) is 3.67. The van der Waals surface area contributed by atoms with Gasteiger partial charge in [-0.15, -0.1) is 11.3 Å². The van der Waals surface area contributed by atoms with Crippen LogP contribution >= 0.6 is 11.3 Å². The Morgan fingerprint density at radius 2 is 1.95 bits per heavy atom. The van der Waals surface area contributed by atoms with Gasteiger partial charge in [0.05, 0.1) is 17.7 Å². The first-order chi connectivity index (χ1) is 9.90. The van der Waals surface area contributed by atoms with E-state index in [2.05, 4.69) is 10.3 Å². The van der Waals surface area contributed by atoms with Crippen molar-refractivity contribution in [3.8, 4) is 10.6 Å². The first kappa shape index (κ1) is 15.5. The van der Waals surface area contributed by atoms with E-state index in [1.807, 2.05) is 6.92 Å². The summed E-state index contributed by atoms with van der Waals surface area (Å²) in [7, 11) is 0. The highest BCUT2D eigenvalue weighted by Crippen LogP contribution is 2.31. The third-order valence-electron chi connectivity index (χ3n) is 2.73. The summed E-state index contributed by atoms with van der Waals surface area (Å²) in [6, 6.07) is 4.83. The van der Waals surface area contributed by atoms with Crippen LogP contribution in [0.25, 0.3) is 10.6 Å². The topological polar surface area (TPSA) is 42.0 Å². The standard InChI is InChI=1S/C14H13F3N2OS/c1-2-18-12(20)7-11-8-21-13(19-11)9-3-5-10(6-4-9)14(15,16)17/h3-6,8H,2,7H2,1H3,(H,18,20). The van der Waals surface area contributed by atoms with E-state index in [1.54, 1.807) is 5.38 Å². The second kappa shape index (κ2) is 6.26. The molecule has 7 heteroatoms. The van der Waals surface area contributed by atoms with Gasteiger partial charge in [0.25, 0.3) is 0 Å². The number of amides is 1. The number of likely N-dealkylation sites (N-methyl/N-ethyl adjacent to an activating group) is 1. The zero-order chi connectivity index (χ0) is 15.5. The van der Waals surface area contributed by atoms with Gasteiger partial charge < -0.3 is 5.32 Å². The first-order valence-corrected chi connectivity index (χ1v) is 7.17. The molecule has 0 spiro atoms. The molecule has 3 nitrogen and oxygen atoms in total. The number of hydrogen-bond donors (Lipinski definition) is 1. The molecule has 1 aromatic heterocycles. The summed E-state index contributed by atoms with van der Waals surface area (Å²) in [5.74, 6) is -0.123. The van der Waals surface area contributed by atoms with Crippen LogP contribution < -0.4 is 5.32 Å². The predicted molar refractivity (Wildman–Crippen MR) is 74.9 cm³/mol. The Balaban J connectivity index is 2.12. The van der Waals surface area contributed by atoms with Gasteiger partial charge in [-0.25, -0.2) is 4.98 Å². The molecule has 1 amide bonds. The Bertz CT molecular complexity index is 620. The molecule has 112 valence electrons. The van der Waals surface area contributed by atoms with Crippen LogP contribution in [0, 0.1) is 0 Å². The lowest BCUT2D eigenvalue weighted by atomic mass is 10.1. The van der Waals surface area contributed by atoms with Crippen LogP contribution in [0.15, 0.2) is 29.6 Å². The number of carbonyl (C=O) groups is 1. The third kappa shape index (κ3) is 4.04. The van der Waals surface area contributed by atoms with Crippen molar-refractivity contribution >= 4 is 17.2 Å². The number of hydrogen-bond acceptors (Lipinski definition) is 3. The van der Waals surface area contributed by atoms with Gasteiger partial charge in [0, 0.05) is 17.5 Å². The number of halogens is 3. The van der Waals surface area contributed by atoms with Crippen molar-refractivity contribution in [2.75, 3.05) is 6.54 Å². The molecule has 0 aliphatic rings. The summed E-state index contributed by atoms with van der Waals surface area (Å²) in [4.78, 5) is 15.7. The molecule has 1 N–H and O–H groups in total. The fourth-order valence-electron chi connectivity index (χ4n) is 1.75. The molecule has 0 fully saturated rings. The largest absolute Gasteiger partial charge is 0.416 e. The zero-order valence-corrected chi connectivity index (χ0v) is 12.0.